The smallest absolute Gasteiger partial charge is 0.269 e. The average molecular weight is 363 g/mol. The lowest BCUT2D eigenvalue weighted by Gasteiger charge is -2.08. The first-order valence-corrected chi connectivity index (χ1v) is 8.47. The summed E-state index contributed by atoms with van der Waals surface area (Å²) >= 11 is 0. The minimum Gasteiger partial charge on any atom is -0.350 e. The molecule has 0 atom stereocenters. The van der Waals surface area contributed by atoms with Gasteiger partial charge in [-0.15, -0.1) is 0 Å². The molecule has 2 aromatic carbocycles. The molecule has 1 aromatic heterocycles. The number of anilines is 1. The highest BCUT2D eigenvalue weighted by molar-refractivity contribution is 6.05. The second-order valence-electron chi connectivity index (χ2n) is 5.88. The lowest BCUT2D eigenvalue weighted by Crippen LogP contribution is -2.27. The van der Waals surface area contributed by atoms with Crippen molar-refractivity contribution < 1.29 is 14.0 Å². The Morgan fingerprint density at radius 3 is 2.41 bits per heavy atom. The first-order chi connectivity index (χ1) is 13.1. The Labute approximate surface area is 156 Å². The molecule has 0 bridgehead atoms. The number of rotatable bonds is 6. The molecule has 0 spiro atoms. The van der Waals surface area contributed by atoms with E-state index in [1.165, 1.54) is 42.6 Å². The van der Waals surface area contributed by atoms with E-state index in [2.05, 4.69) is 15.6 Å². The van der Waals surface area contributed by atoms with Gasteiger partial charge in [0.1, 0.15) is 11.5 Å². The van der Waals surface area contributed by atoms with Gasteiger partial charge in [0.25, 0.3) is 11.8 Å². The third-order valence-electron chi connectivity index (χ3n) is 3.90. The first kappa shape index (κ1) is 18.3. The number of aromatic nitrogens is 1. The molecule has 2 N–H and O–H groups in total. The van der Waals surface area contributed by atoms with Gasteiger partial charge in [0.15, 0.2) is 0 Å². The number of carbonyl (C=O) groups excluding carboxylic acids is 2. The lowest BCUT2D eigenvalue weighted by atomic mass is 10.1. The van der Waals surface area contributed by atoms with E-state index >= 15 is 0 Å². The minimum absolute atomic E-state index is 0.162. The van der Waals surface area contributed by atoms with Crippen LogP contribution < -0.4 is 10.6 Å². The molecule has 136 valence electrons. The summed E-state index contributed by atoms with van der Waals surface area (Å²) in [6, 6.07) is 18.2. The van der Waals surface area contributed by atoms with E-state index in [9.17, 15) is 14.0 Å². The van der Waals surface area contributed by atoms with E-state index in [0.717, 1.165) is 5.56 Å². The fourth-order valence-electron chi connectivity index (χ4n) is 2.49. The predicted octanol–water partition coefficient (Wildman–Crippen LogP) is 3.45. The topological polar surface area (TPSA) is 71.1 Å². The molecule has 3 rings (SSSR count). The van der Waals surface area contributed by atoms with Crippen LogP contribution >= 0.6 is 0 Å². The van der Waals surface area contributed by atoms with Crippen molar-refractivity contribution in [2.45, 2.75) is 6.42 Å². The Morgan fingerprint density at radius 2 is 1.67 bits per heavy atom. The lowest BCUT2D eigenvalue weighted by molar-refractivity contribution is 0.0949. The van der Waals surface area contributed by atoms with Crippen molar-refractivity contribution in [3.8, 4) is 0 Å². The van der Waals surface area contributed by atoms with Crippen molar-refractivity contribution in [2.75, 3.05) is 11.9 Å². The van der Waals surface area contributed by atoms with Crippen molar-refractivity contribution in [2.24, 2.45) is 0 Å². The molecule has 2 amide bonds. The van der Waals surface area contributed by atoms with Crippen LogP contribution in [-0.4, -0.2) is 23.3 Å². The Hall–Kier alpha value is -3.54. The Kier molecular flexibility index (Phi) is 5.89. The summed E-state index contributed by atoms with van der Waals surface area (Å²) in [7, 11) is 0. The van der Waals surface area contributed by atoms with E-state index in [1.54, 1.807) is 0 Å². The predicted molar refractivity (Wildman–Crippen MR) is 101 cm³/mol. The number of pyridine rings is 1. The quantitative estimate of drug-likeness (QED) is 0.705. The number of carbonyl (C=O) groups is 2. The molecule has 0 saturated heterocycles. The van der Waals surface area contributed by atoms with Crippen molar-refractivity contribution in [1.82, 2.24) is 10.3 Å². The van der Waals surface area contributed by atoms with Crippen LogP contribution in [0.4, 0.5) is 10.1 Å². The number of nitrogens with one attached hydrogen (secondary N) is 2. The minimum atomic E-state index is -0.401. The molecular weight excluding hydrogens is 345 g/mol. The van der Waals surface area contributed by atoms with Gasteiger partial charge in [-0.05, 0) is 48.4 Å². The maximum atomic E-state index is 12.9. The number of hydrogen-bond acceptors (Lipinski definition) is 3. The van der Waals surface area contributed by atoms with Gasteiger partial charge in [0.2, 0.25) is 0 Å². The number of hydrogen-bond donors (Lipinski definition) is 2. The molecule has 5 nitrogen and oxygen atoms in total. The molecule has 0 radical (unpaired) electrons. The number of benzene rings is 2. The third kappa shape index (κ3) is 5.22. The molecule has 0 aliphatic heterocycles. The van der Waals surface area contributed by atoms with Gasteiger partial charge in [-0.1, -0.05) is 30.3 Å². The van der Waals surface area contributed by atoms with Crippen LogP contribution in [0.3, 0.4) is 0 Å². The maximum absolute atomic E-state index is 12.9. The average Bonchev–Trinajstić information content (AvgIpc) is 2.70. The van der Waals surface area contributed by atoms with E-state index in [0.29, 0.717) is 24.2 Å². The highest BCUT2D eigenvalue weighted by Crippen LogP contribution is 2.11. The zero-order valence-corrected chi connectivity index (χ0v) is 14.5. The largest absolute Gasteiger partial charge is 0.350 e. The van der Waals surface area contributed by atoms with Gasteiger partial charge >= 0.3 is 0 Å². The maximum Gasteiger partial charge on any atom is 0.269 e. The van der Waals surface area contributed by atoms with Gasteiger partial charge in [-0.25, -0.2) is 4.39 Å². The summed E-state index contributed by atoms with van der Waals surface area (Å²) in [4.78, 5) is 28.6. The van der Waals surface area contributed by atoms with Gasteiger partial charge in [0.05, 0.1) is 0 Å². The fraction of sp³-hybridized carbons (Fsp3) is 0.0952. The Bertz CT molecular complexity index is 928. The van der Waals surface area contributed by atoms with Crippen LogP contribution in [0.15, 0.2) is 72.9 Å². The summed E-state index contributed by atoms with van der Waals surface area (Å²) in [6.45, 7) is 0.469. The molecule has 1 heterocycles. The van der Waals surface area contributed by atoms with Crippen molar-refractivity contribution >= 4 is 17.5 Å². The zero-order chi connectivity index (χ0) is 19.1. The summed E-state index contributed by atoms with van der Waals surface area (Å²) in [5, 5.41) is 5.45. The molecule has 0 unspecified atom stereocenters. The van der Waals surface area contributed by atoms with Crippen molar-refractivity contribution in [3.63, 3.8) is 0 Å². The standard InChI is InChI=1S/C21H18FN3O2/c22-17-6-8-18(9-7-17)25-20(26)16-11-13-23-19(14-16)21(27)24-12-10-15-4-2-1-3-5-15/h1-9,11,13-14H,10,12H2,(H,24,27)(H,25,26). The highest BCUT2D eigenvalue weighted by Gasteiger charge is 2.12. The van der Waals surface area contributed by atoms with E-state index in [-0.39, 0.29) is 17.4 Å². The molecular formula is C21H18FN3O2. The second-order valence-corrected chi connectivity index (χ2v) is 5.88. The molecule has 3 aromatic rings. The molecule has 0 aliphatic rings. The highest BCUT2D eigenvalue weighted by atomic mass is 19.1. The molecule has 0 fully saturated rings. The van der Waals surface area contributed by atoms with Crippen LogP contribution in [0.1, 0.15) is 26.4 Å². The van der Waals surface area contributed by atoms with Gasteiger partial charge in [-0.3, -0.25) is 14.6 Å². The number of halogens is 1. The van der Waals surface area contributed by atoms with Crippen LogP contribution in [0, 0.1) is 5.82 Å². The SMILES string of the molecule is O=C(Nc1ccc(F)cc1)c1ccnc(C(=O)NCCc2ccccc2)c1. The van der Waals surface area contributed by atoms with Crippen LogP contribution in [0.5, 0.6) is 0 Å². The fourth-order valence-corrected chi connectivity index (χ4v) is 2.49. The van der Waals surface area contributed by atoms with Crippen LogP contribution in [0.25, 0.3) is 0 Å². The Morgan fingerprint density at radius 1 is 0.926 bits per heavy atom. The van der Waals surface area contributed by atoms with Gasteiger partial charge < -0.3 is 10.6 Å². The van der Waals surface area contributed by atoms with E-state index in [4.69, 9.17) is 0 Å². The van der Waals surface area contributed by atoms with Gasteiger partial charge in [0, 0.05) is 24.0 Å². The van der Waals surface area contributed by atoms with Crippen molar-refractivity contribution in [1.29, 1.82) is 0 Å². The van der Waals surface area contributed by atoms with Gasteiger partial charge in [-0.2, -0.15) is 0 Å². The summed E-state index contributed by atoms with van der Waals surface area (Å²) in [5.74, 6) is -1.13. The molecule has 0 aliphatic carbocycles. The second kappa shape index (κ2) is 8.71. The summed E-state index contributed by atoms with van der Waals surface area (Å²) in [5.41, 5.74) is 2.04. The Balaban J connectivity index is 1.59. The monoisotopic (exact) mass is 363 g/mol. The van der Waals surface area contributed by atoms with Crippen LogP contribution in [-0.2, 0) is 6.42 Å². The molecule has 0 saturated carbocycles. The molecule has 27 heavy (non-hydrogen) atoms. The van der Waals surface area contributed by atoms with E-state index in [1.807, 2.05) is 30.3 Å². The summed E-state index contributed by atoms with van der Waals surface area (Å²) < 4.78 is 12.9. The zero-order valence-electron chi connectivity index (χ0n) is 14.5. The first-order valence-electron chi connectivity index (χ1n) is 8.47. The number of nitrogens with zero attached hydrogens (tertiary/aromatic N) is 1. The summed E-state index contributed by atoms with van der Waals surface area (Å²) in [6.07, 6.45) is 2.11. The third-order valence-corrected chi connectivity index (χ3v) is 3.90. The van der Waals surface area contributed by atoms with Crippen molar-refractivity contribution in [3.05, 3.63) is 95.6 Å². The molecule has 6 heteroatoms. The normalized spacial score (nSPS) is 10.3. The van der Waals surface area contributed by atoms with Crippen LogP contribution in [0.2, 0.25) is 0 Å². The van der Waals surface area contributed by atoms with E-state index < -0.39 is 5.91 Å². The number of amides is 2.